The Morgan fingerprint density at radius 1 is 0.444 bits per heavy atom. The van der Waals surface area contributed by atoms with Gasteiger partial charge in [0.25, 0.3) is 0 Å². The van der Waals surface area contributed by atoms with Gasteiger partial charge >= 0.3 is 0 Å². The van der Waals surface area contributed by atoms with Crippen molar-refractivity contribution in [3.63, 3.8) is 0 Å². The number of rotatable bonds is 0. The second-order valence-electron chi connectivity index (χ2n) is 0. The standard InChI is InChI=1S/4C2H5.Y/c4*1-2;/h4*1H2,2H3;/q4*-1;. The molecule has 1 heteroatoms. The zero-order valence-corrected chi connectivity index (χ0v) is 10.2. The summed E-state index contributed by atoms with van der Waals surface area (Å²) in [7, 11) is 0. The van der Waals surface area contributed by atoms with E-state index in [-0.39, 0.29) is 32.7 Å². The molecule has 59 valence electrons. The molecule has 0 aliphatic heterocycles. The SMILES string of the molecule is [CH2-]C.[CH2-]C.[CH2-]C.[CH2-]C.[Y]. The molecule has 1 radical (unpaired) electrons. The van der Waals surface area contributed by atoms with Crippen LogP contribution in [-0.4, -0.2) is 0 Å². The predicted molar refractivity (Wildman–Crippen MR) is 44.1 cm³/mol. The number of hydrogen-bond acceptors (Lipinski definition) is 0. The Morgan fingerprint density at radius 3 is 0.444 bits per heavy atom. The Kier molecular flexibility index (Phi) is 1750. The van der Waals surface area contributed by atoms with Crippen LogP contribution in [0, 0.1) is 27.7 Å². The largest absolute Gasteiger partial charge is 0.346 e. The van der Waals surface area contributed by atoms with E-state index in [2.05, 4.69) is 27.7 Å². The fourth-order valence-corrected chi connectivity index (χ4v) is 0. The van der Waals surface area contributed by atoms with Crippen molar-refractivity contribution in [1.29, 1.82) is 0 Å². The van der Waals surface area contributed by atoms with Gasteiger partial charge in [0.05, 0.1) is 0 Å². The van der Waals surface area contributed by atoms with Crippen LogP contribution in [0.4, 0.5) is 0 Å². The van der Waals surface area contributed by atoms with Crippen molar-refractivity contribution in [3.8, 4) is 0 Å². The second kappa shape index (κ2) is 491. The second-order valence-corrected chi connectivity index (χ2v) is 0. The van der Waals surface area contributed by atoms with E-state index < -0.39 is 0 Å². The van der Waals surface area contributed by atoms with Crippen LogP contribution in [0.25, 0.3) is 0 Å². The quantitative estimate of drug-likeness (QED) is 0.532. The van der Waals surface area contributed by atoms with Gasteiger partial charge < -0.3 is 27.7 Å². The van der Waals surface area contributed by atoms with Crippen LogP contribution >= 0.6 is 0 Å². The number of hydrogen-bond donors (Lipinski definition) is 0. The molecule has 0 atom stereocenters. The Hall–Kier alpha value is 1.10. The van der Waals surface area contributed by atoms with Crippen molar-refractivity contribution < 1.29 is 32.7 Å². The van der Waals surface area contributed by atoms with E-state index in [0.29, 0.717) is 0 Å². The van der Waals surface area contributed by atoms with Gasteiger partial charge in [-0.25, -0.2) is 0 Å². The zero-order chi connectivity index (χ0) is 8.00. The first-order valence-corrected chi connectivity index (χ1v) is 2.83. The molecule has 0 rings (SSSR count). The molecule has 0 aromatic rings. The molecular formula is C8H20Y-4. The van der Waals surface area contributed by atoms with Crippen LogP contribution in [0.2, 0.25) is 0 Å². The molecule has 0 heterocycles. The normalized spacial score (nSPS) is 2.67. The van der Waals surface area contributed by atoms with Crippen molar-refractivity contribution in [3.05, 3.63) is 27.7 Å². The zero-order valence-electron chi connectivity index (χ0n) is 7.41. The monoisotopic (exact) mass is 205 g/mol. The van der Waals surface area contributed by atoms with E-state index in [1.807, 2.05) is 0 Å². The molecule has 0 nitrogen and oxygen atoms in total. The Balaban J connectivity index is -0.00000000762. The summed E-state index contributed by atoms with van der Waals surface area (Å²) in [6.07, 6.45) is 0. The van der Waals surface area contributed by atoms with Crippen LogP contribution < -0.4 is 0 Å². The summed E-state index contributed by atoms with van der Waals surface area (Å²) in [6, 6.07) is 0. The maximum atomic E-state index is 3.25. The van der Waals surface area contributed by atoms with Crippen LogP contribution in [0.15, 0.2) is 0 Å². The smallest absolute Gasteiger partial charge is 0 e. The summed E-state index contributed by atoms with van der Waals surface area (Å²) in [6.45, 7) is 20.0. The minimum absolute atomic E-state index is 0. The minimum Gasteiger partial charge on any atom is -0.346 e. The summed E-state index contributed by atoms with van der Waals surface area (Å²) in [5.74, 6) is 0. The topological polar surface area (TPSA) is 0 Å². The molecular weight excluding hydrogens is 185 g/mol. The molecule has 0 unspecified atom stereocenters. The van der Waals surface area contributed by atoms with Gasteiger partial charge in [-0.05, 0) is 0 Å². The first-order valence-electron chi connectivity index (χ1n) is 2.83. The van der Waals surface area contributed by atoms with Crippen molar-refractivity contribution >= 4 is 0 Å². The van der Waals surface area contributed by atoms with Gasteiger partial charge in [-0.3, -0.25) is 0 Å². The molecule has 0 bridgehead atoms. The molecule has 0 saturated carbocycles. The molecule has 0 spiro atoms. The van der Waals surface area contributed by atoms with Gasteiger partial charge in [-0.2, -0.15) is 27.7 Å². The molecule has 0 aliphatic rings. The third kappa shape index (κ3) is 377. The Morgan fingerprint density at radius 2 is 0.444 bits per heavy atom. The third-order valence-corrected chi connectivity index (χ3v) is 0. The predicted octanol–water partition coefficient (Wildman–Crippen LogP) is 3.36. The van der Waals surface area contributed by atoms with Crippen LogP contribution in [-0.2, 0) is 32.7 Å². The molecule has 0 amide bonds. The molecule has 9 heavy (non-hydrogen) atoms. The van der Waals surface area contributed by atoms with E-state index in [1.54, 1.807) is 27.7 Å². The van der Waals surface area contributed by atoms with Crippen LogP contribution in [0.3, 0.4) is 0 Å². The molecule has 0 fully saturated rings. The summed E-state index contributed by atoms with van der Waals surface area (Å²) in [4.78, 5) is 0. The summed E-state index contributed by atoms with van der Waals surface area (Å²) in [5.41, 5.74) is 0. The van der Waals surface area contributed by atoms with Gasteiger partial charge in [0, 0.05) is 32.7 Å². The molecule has 0 N–H and O–H groups in total. The summed E-state index contributed by atoms with van der Waals surface area (Å²) >= 11 is 0. The maximum Gasteiger partial charge on any atom is 0 e. The van der Waals surface area contributed by atoms with E-state index >= 15 is 0 Å². The summed E-state index contributed by atoms with van der Waals surface area (Å²) in [5, 5.41) is 0. The fraction of sp³-hybridized carbons (Fsp3) is 0.500. The van der Waals surface area contributed by atoms with Gasteiger partial charge in [0.1, 0.15) is 0 Å². The Bertz CT molecular complexity index is 4.53. The molecule has 0 saturated heterocycles. The van der Waals surface area contributed by atoms with Gasteiger partial charge in [-0.1, -0.05) is 0 Å². The minimum atomic E-state index is 0. The Labute approximate surface area is 87.7 Å². The van der Waals surface area contributed by atoms with E-state index in [9.17, 15) is 0 Å². The summed E-state index contributed by atoms with van der Waals surface area (Å²) < 4.78 is 0. The van der Waals surface area contributed by atoms with Crippen molar-refractivity contribution in [1.82, 2.24) is 0 Å². The third-order valence-electron chi connectivity index (χ3n) is 0. The van der Waals surface area contributed by atoms with Gasteiger partial charge in [0.2, 0.25) is 0 Å². The fourth-order valence-electron chi connectivity index (χ4n) is 0. The van der Waals surface area contributed by atoms with E-state index in [0.717, 1.165) is 0 Å². The molecule has 0 aromatic carbocycles. The maximum absolute atomic E-state index is 3.25. The van der Waals surface area contributed by atoms with Crippen molar-refractivity contribution in [2.45, 2.75) is 27.7 Å². The van der Waals surface area contributed by atoms with Gasteiger partial charge in [-0.15, -0.1) is 0 Å². The average molecular weight is 205 g/mol. The first-order chi connectivity index (χ1) is 4.00. The van der Waals surface area contributed by atoms with Crippen LogP contribution in [0.5, 0.6) is 0 Å². The van der Waals surface area contributed by atoms with Crippen molar-refractivity contribution in [2.75, 3.05) is 0 Å². The first kappa shape index (κ1) is 32.1. The molecule has 0 aromatic heterocycles. The van der Waals surface area contributed by atoms with E-state index in [1.165, 1.54) is 0 Å². The van der Waals surface area contributed by atoms with Gasteiger partial charge in [0.15, 0.2) is 0 Å². The van der Waals surface area contributed by atoms with Crippen molar-refractivity contribution in [2.24, 2.45) is 0 Å². The van der Waals surface area contributed by atoms with Crippen LogP contribution in [0.1, 0.15) is 27.7 Å². The van der Waals surface area contributed by atoms with E-state index in [4.69, 9.17) is 0 Å². The average Bonchev–Trinajstić information content (AvgIpc) is 2.03. The molecule has 0 aliphatic carbocycles.